The summed E-state index contributed by atoms with van der Waals surface area (Å²) in [5.41, 5.74) is 0.751. The number of Topliss-reactive ketones (excluding diaryl/α,β-unsaturated/α-hetero) is 1. The molecule has 3 nitrogen and oxygen atoms in total. The molecule has 18 heavy (non-hydrogen) atoms. The Morgan fingerprint density at radius 3 is 2.89 bits per heavy atom. The molecule has 98 valence electrons. The van der Waals surface area contributed by atoms with Gasteiger partial charge < -0.3 is 9.64 Å². The molecule has 0 amide bonds. The Kier molecular flexibility index (Phi) is 5.08. The van der Waals surface area contributed by atoms with Gasteiger partial charge in [0.25, 0.3) is 0 Å². The molecule has 1 aromatic carbocycles. The molecule has 0 saturated carbocycles. The van der Waals surface area contributed by atoms with Crippen molar-refractivity contribution in [2.45, 2.75) is 6.42 Å². The number of ketones is 1. The minimum atomic E-state index is 0.201. The van der Waals surface area contributed by atoms with Crippen LogP contribution in [0.5, 0.6) is 5.75 Å². The monoisotopic (exact) mass is 265 g/mol. The maximum Gasteiger partial charge on any atom is 0.164 e. The molecule has 0 radical (unpaired) electrons. The molecule has 0 atom stereocenters. The van der Waals surface area contributed by atoms with E-state index in [4.69, 9.17) is 4.74 Å². The quantitative estimate of drug-likeness (QED) is 0.764. The zero-order chi connectivity index (χ0) is 12.8. The van der Waals surface area contributed by atoms with E-state index in [1.165, 1.54) is 11.5 Å². The highest BCUT2D eigenvalue weighted by Gasteiger charge is 2.13. The summed E-state index contributed by atoms with van der Waals surface area (Å²) < 4.78 is 5.13. The van der Waals surface area contributed by atoms with Crippen LogP contribution in [0.1, 0.15) is 16.8 Å². The first-order chi connectivity index (χ1) is 8.79. The van der Waals surface area contributed by atoms with Gasteiger partial charge in [-0.3, -0.25) is 4.79 Å². The molecule has 0 bridgehead atoms. The molecule has 0 N–H and O–H groups in total. The number of nitrogens with zero attached hydrogens (tertiary/aromatic N) is 1. The fourth-order valence-electron chi connectivity index (χ4n) is 2.03. The summed E-state index contributed by atoms with van der Waals surface area (Å²) in [5, 5.41) is 0. The van der Waals surface area contributed by atoms with Crippen molar-refractivity contribution < 1.29 is 9.53 Å². The maximum atomic E-state index is 12.1. The van der Waals surface area contributed by atoms with Crippen LogP contribution in [0.15, 0.2) is 24.3 Å². The Balaban J connectivity index is 1.86. The van der Waals surface area contributed by atoms with Gasteiger partial charge in [0, 0.05) is 43.1 Å². The minimum absolute atomic E-state index is 0.201. The van der Waals surface area contributed by atoms with Crippen LogP contribution in [-0.2, 0) is 0 Å². The Morgan fingerprint density at radius 2 is 2.17 bits per heavy atom. The topological polar surface area (TPSA) is 29.5 Å². The number of carbonyl (C=O) groups is 1. The van der Waals surface area contributed by atoms with E-state index in [2.05, 4.69) is 4.90 Å². The van der Waals surface area contributed by atoms with Crippen LogP contribution in [0.4, 0.5) is 0 Å². The molecule has 2 rings (SSSR count). The summed E-state index contributed by atoms with van der Waals surface area (Å²) in [6.07, 6.45) is 0.595. The molecular weight excluding hydrogens is 246 g/mol. The van der Waals surface area contributed by atoms with E-state index in [0.717, 1.165) is 30.9 Å². The predicted molar refractivity (Wildman–Crippen MR) is 75.7 cm³/mol. The molecule has 0 spiro atoms. The van der Waals surface area contributed by atoms with E-state index in [0.29, 0.717) is 6.42 Å². The van der Waals surface area contributed by atoms with Crippen molar-refractivity contribution in [2.24, 2.45) is 0 Å². The van der Waals surface area contributed by atoms with Gasteiger partial charge in [0.15, 0.2) is 5.78 Å². The van der Waals surface area contributed by atoms with Crippen LogP contribution in [-0.4, -0.2) is 48.9 Å². The van der Waals surface area contributed by atoms with Gasteiger partial charge in [0.05, 0.1) is 7.11 Å². The van der Waals surface area contributed by atoms with Crippen molar-refractivity contribution in [3.8, 4) is 5.75 Å². The number of ether oxygens (including phenoxy) is 1. The molecule has 1 fully saturated rings. The number of hydrogen-bond donors (Lipinski definition) is 0. The second-order valence-corrected chi connectivity index (χ2v) is 5.58. The first-order valence-corrected chi connectivity index (χ1v) is 7.42. The van der Waals surface area contributed by atoms with Crippen LogP contribution < -0.4 is 4.74 Å². The van der Waals surface area contributed by atoms with E-state index in [9.17, 15) is 4.79 Å². The summed E-state index contributed by atoms with van der Waals surface area (Å²) >= 11 is 1.99. The number of benzene rings is 1. The first kappa shape index (κ1) is 13.4. The fraction of sp³-hybridized carbons (Fsp3) is 0.500. The van der Waals surface area contributed by atoms with E-state index < -0.39 is 0 Å². The highest BCUT2D eigenvalue weighted by molar-refractivity contribution is 7.99. The predicted octanol–water partition coefficient (Wildman–Crippen LogP) is 2.32. The smallest absolute Gasteiger partial charge is 0.164 e. The van der Waals surface area contributed by atoms with Gasteiger partial charge in [-0.05, 0) is 12.1 Å². The van der Waals surface area contributed by atoms with Gasteiger partial charge in [0.2, 0.25) is 0 Å². The lowest BCUT2D eigenvalue weighted by Gasteiger charge is -2.25. The number of carbonyl (C=O) groups excluding carboxylic acids is 1. The zero-order valence-corrected chi connectivity index (χ0v) is 11.5. The standard InChI is InChI=1S/C14H19NO2S/c1-17-13-4-2-3-12(11-13)14(16)5-6-15-7-9-18-10-8-15/h2-4,11H,5-10H2,1H3. The van der Waals surface area contributed by atoms with Crippen LogP contribution in [0.2, 0.25) is 0 Å². The normalized spacial score (nSPS) is 16.5. The Hall–Kier alpha value is -1.00. The van der Waals surface area contributed by atoms with E-state index in [-0.39, 0.29) is 5.78 Å². The summed E-state index contributed by atoms with van der Waals surface area (Å²) in [7, 11) is 1.62. The lowest BCUT2D eigenvalue weighted by molar-refractivity contribution is 0.0966. The van der Waals surface area contributed by atoms with Crippen LogP contribution in [0.3, 0.4) is 0 Å². The third-order valence-electron chi connectivity index (χ3n) is 3.15. The molecule has 1 heterocycles. The molecule has 0 aliphatic carbocycles. The molecule has 1 saturated heterocycles. The summed E-state index contributed by atoms with van der Waals surface area (Å²) in [5.74, 6) is 3.32. The lowest BCUT2D eigenvalue weighted by atomic mass is 10.1. The molecule has 0 unspecified atom stereocenters. The van der Waals surface area contributed by atoms with Crippen molar-refractivity contribution in [3.05, 3.63) is 29.8 Å². The minimum Gasteiger partial charge on any atom is -0.497 e. The number of thioether (sulfide) groups is 1. The van der Waals surface area contributed by atoms with Crippen LogP contribution in [0.25, 0.3) is 0 Å². The van der Waals surface area contributed by atoms with E-state index in [1.807, 2.05) is 36.0 Å². The van der Waals surface area contributed by atoms with Crippen molar-refractivity contribution in [1.82, 2.24) is 4.90 Å². The number of rotatable bonds is 5. The summed E-state index contributed by atoms with van der Waals surface area (Å²) in [6.45, 7) is 3.09. The average Bonchev–Trinajstić information content (AvgIpc) is 2.46. The van der Waals surface area contributed by atoms with E-state index >= 15 is 0 Å². The SMILES string of the molecule is COc1cccc(C(=O)CCN2CCSCC2)c1. The van der Waals surface area contributed by atoms with Crippen molar-refractivity contribution in [1.29, 1.82) is 0 Å². The average molecular weight is 265 g/mol. The molecule has 1 aliphatic heterocycles. The van der Waals surface area contributed by atoms with Gasteiger partial charge >= 0.3 is 0 Å². The third kappa shape index (κ3) is 3.75. The second-order valence-electron chi connectivity index (χ2n) is 4.36. The largest absolute Gasteiger partial charge is 0.497 e. The van der Waals surface area contributed by atoms with Crippen molar-refractivity contribution >= 4 is 17.5 Å². The molecule has 4 heteroatoms. The third-order valence-corrected chi connectivity index (χ3v) is 4.09. The second kappa shape index (κ2) is 6.81. The Morgan fingerprint density at radius 1 is 1.39 bits per heavy atom. The van der Waals surface area contributed by atoms with Crippen molar-refractivity contribution in [2.75, 3.05) is 38.2 Å². The van der Waals surface area contributed by atoms with Gasteiger partial charge in [-0.25, -0.2) is 0 Å². The Bertz CT molecular complexity index is 403. The van der Waals surface area contributed by atoms with Gasteiger partial charge in [-0.1, -0.05) is 12.1 Å². The number of hydrogen-bond acceptors (Lipinski definition) is 4. The van der Waals surface area contributed by atoms with E-state index in [1.54, 1.807) is 7.11 Å². The Labute approximate surface area is 113 Å². The molecule has 0 aromatic heterocycles. The fourth-order valence-corrected chi connectivity index (χ4v) is 3.00. The molecule has 1 aliphatic rings. The molecular formula is C14H19NO2S. The van der Waals surface area contributed by atoms with Gasteiger partial charge in [-0.2, -0.15) is 11.8 Å². The molecule has 1 aromatic rings. The first-order valence-electron chi connectivity index (χ1n) is 6.27. The number of methoxy groups -OCH3 is 1. The summed E-state index contributed by atoms with van der Waals surface area (Å²) in [4.78, 5) is 14.4. The zero-order valence-electron chi connectivity index (χ0n) is 10.7. The highest BCUT2D eigenvalue weighted by Crippen LogP contribution is 2.15. The van der Waals surface area contributed by atoms with Gasteiger partial charge in [-0.15, -0.1) is 0 Å². The highest BCUT2D eigenvalue weighted by atomic mass is 32.2. The summed E-state index contributed by atoms with van der Waals surface area (Å²) in [6, 6.07) is 7.40. The van der Waals surface area contributed by atoms with Gasteiger partial charge in [0.1, 0.15) is 5.75 Å². The maximum absolute atomic E-state index is 12.1. The van der Waals surface area contributed by atoms with Crippen LogP contribution in [0, 0.1) is 0 Å². The van der Waals surface area contributed by atoms with Crippen LogP contribution >= 0.6 is 11.8 Å². The lowest BCUT2D eigenvalue weighted by Crippen LogP contribution is -2.34. The van der Waals surface area contributed by atoms with Crippen molar-refractivity contribution in [3.63, 3.8) is 0 Å².